The molecular formula is C35H27N5. The molecule has 6 aromatic rings. The average Bonchev–Trinajstić information content (AvgIpc) is 3.36. The van der Waals surface area contributed by atoms with Crippen molar-refractivity contribution >= 4 is 6.08 Å². The Kier molecular flexibility index (Phi) is 6.93. The van der Waals surface area contributed by atoms with Gasteiger partial charge in [0.15, 0.2) is 17.5 Å². The van der Waals surface area contributed by atoms with Crippen LogP contribution in [0.3, 0.4) is 0 Å². The van der Waals surface area contributed by atoms with Crippen LogP contribution < -0.4 is 0 Å². The molecule has 0 radical (unpaired) electrons. The lowest BCUT2D eigenvalue weighted by Crippen LogP contribution is -2.03. The van der Waals surface area contributed by atoms with Crippen molar-refractivity contribution in [1.82, 2.24) is 24.5 Å². The summed E-state index contributed by atoms with van der Waals surface area (Å²) in [5.41, 5.74) is 6.58. The van der Waals surface area contributed by atoms with E-state index in [-0.39, 0.29) is 0 Å². The van der Waals surface area contributed by atoms with Gasteiger partial charge in [0.1, 0.15) is 5.82 Å². The van der Waals surface area contributed by atoms with E-state index in [2.05, 4.69) is 29.3 Å². The molecule has 40 heavy (non-hydrogen) atoms. The fraction of sp³-hybridized carbons (Fsp3) is 0.0286. The number of allylic oxidation sites excluding steroid dienone is 2. The normalized spacial score (nSPS) is 11.1. The Balaban J connectivity index is 1.60. The van der Waals surface area contributed by atoms with Gasteiger partial charge < -0.3 is 0 Å². The number of nitrogens with zero attached hydrogens (tertiary/aromatic N) is 5. The van der Waals surface area contributed by atoms with E-state index in [1.165, 1.54) is 0 Å². The van der Waals surface area contributed by atoms with Gasteiger partial charge in [-0.1, -0.05) is 122 Å². The van der Waals surface area contributed by atoms with E-state index in [4.69, 9.17) is 19.9 Å². The summed E-state index contributed by atoms with van der Waals surface area (Å²) in [6.07, 6.45) is 5.75. The van der Waals surface area contributed by atoms with Crippen molar-refractivity contribution < 1.29 is 0 Å². The average molecular weight is 518 g/mol. The highest BCUT2D eigenvalue weighted by Crippen LogP contribution is 2.35. The molecule has 0 unspecified atom stereocenters. The smallest absolute Gasteiger partial charge is 0.164 e. The van der Waals surface area contributed by atoms with E-state index in [0.717, 1.165) is 45.2 Å². The molecule has 0 aliphatic rings. The lowest BCUT2D eigenvalue weighted by molar-refractivity contribution is 1.05. The number of rotatable bonds is 7. The highest BCUT2D eigenvalue weighted by Gasteiger charge is 2.21. The predicted molar refractivity (Wildman–Crippen MR) is 163 cm³/mol. The van der Waals surface area contributed by atoms with E-state index < -0.39 is 0 Å². The highest BCUT2D eigenvalue weighted by atomic mass is 15.1. The van der Waals surface area contributed by atoms with Crippen LogP contribution in [0.15, 0.2) is 134 Å². The lowest BCUT2D eigenvalue weighted by atomic mass is 10.1. The maximum atomic E-state index is 5.06. The summed E-state index contributed by atoms with van der Waals surface area (Å²) in [4.78, 5) is 19.9. The number of aryl methyl sites for hydroxylation is 1. The topological polar surface area (TPSA) is 56.5 Å². The Bertz CT molecular complexity index is 1750. The van der Waals surface area contributed by atoms with E-state index in [0.29, 0.717) is 17.5 Å². The molecule has 0 atom stereocenters. The zero-order valence-corrected chi connectivity index (χ0v) is 22.1. The Morgan fingerprint density at radius 1 is 0.575 bits per heavy atom. The molecule has 0 spiro atoms. The van der Waals surface area contributed by atoms with Gasteiger partial charge in [0.05, 0.1) is 11.4 Å². The molecule has 5 nitrogen and oxygen atoms in total. The summed E-state index contributed by atoms with van der Waals surface area (Å²) >= 11 is 0. The number of imidazole rings is 1. The summed E-state index contributed by atoms with van der Waals surface area (Å²) in [5, 5.41) is 0. The molecule has 4 aromatic carbocycles. The molecule has 2 heterocycles. The lowest BCUT2D eigenvalue weighted by Gasteiger charge is -2.14. The summed E-state index contributed by atoms with van der Waals surface area (Å²) in [6.45, 7) is 5.88. The van der Waals surface area contributed by atoms with Crippen LogP contribution in [0.5, 0.6) is 0 Å². The maximum Gasteiger partial charge on any atom is 0.164 e. The Hall–Kier alpha value is -5.42. The number of hydrogen-bond acceptors (Lipinski definition) is 4. The Morgan fingerprint density at radius 3 is 1.65 bits per heavy atom. The fourth-order valence-corrected chi connectivity index (χ4v) is 4.72. The molecule has 0 aliphatic heterocycles. The van der Waals surface area contributed by atoms with Crippen molar-refractivity contribution in [3.8, 4) is 51.2 Å². The SMILES string of the molecule is C=C/C=C\c1c(C)nc(-c2ccccc2-c2nc(-c3ccccc3)nc(-c3ccccc3)n2)n1-c1ccccc1. The zero-order valence-electron chi connectivity index (χ0n) is 22.1. The Morgan fingerprint density at radius 2 is 1.07 bits per heavy atom. The van der Waals surface area contributed by atoms with E-state index in [9.17, 15) is 0 Å². The molecule has 2 aromatic heterocycles. The summed E-state index contributed by atoms with van der Waals surface area (Å²) in [6, 6.07) is 38.4. The first-order valence-corrected chi connectivity index (χ1v) is 13.1. The molecule has 0 fully saturated rings. The number of hydrogen-bond donors (Lipinski definition) is 0. The van der Waals surface area contributed by atoms with Crippen LogP contribution in [-0.2, 0) is 0 Å². The fourth-order valence-electron chi connectivity index (χ4n) is 4.72. The van der Waals surface area contributed by atoms with Crippen LogP contribution in [0.4, 0.5) is 0 Å². The van der Waals surface area contributed by atoms with Gasteiger partial charge in [0, 0.05) is 27.9 Å². The van der Waals surface area contributed by atoms with Crippen LogP contribution >= 0.6 is 0 Å². The van der Waals surface area contributed by atoms with Gasteiger partial charge in [0.2, 0.25) is 0 Å². The maximum absolute atomic E-state index is 5.06. The second-order valence-corrected chi connectivity index (χ2v) is 9.26. The van der Waals surface area contributed by atoms with Gasteiger partial charge in [-0.15, -0.1) is 0 Å². The second-order valence-electron chi connectivity index (χ2n) is 9.26. The van der Waals surface area contributed by atoms with Crippen molar-refractivity contribution in [2.75, 3.05) is 0 Å². The quantitative estimate of drug-likeness (QED) is 0.200. The van der Waals surface area contributed by atoms with Gasteiger partial charge in [-0.2, -0.15) is 0 Å². The van der Waals surface area contributed by atoms with Crippen LogP contribution in [-0.4, -0.2) is 24.5 Å². The molecule has 0 saturated carbocycles. The Labute approximate surface area is 233 Å². The van der Waals surface area contributed by atoms with Crippen molar-refractivity contribution in [3.05, 3.63) is 145 Å². The molecule has 0 saturated heterocycles. The number of para-hydroxylation sites is 1. The third-order valence-electron chi connectivity index (χ3n) is 6.61. The van der Waals surface area contributed by atoms with Crippen molar-refractivity contribution in [1.29, 1.82) is 0 Å². The van der Waals surface area contributed by atoms with Crippen molar-refractivity contribution in [3.63, 3.8) is 0 Å². The van der Waals surface area contributed by atoms with Crippen LogP contribution in [0.1, 0.15) is 11.4 Å². The minimum atomic E-state index is 0.590. The molecule has 0 aliphatic carbocycles. The summed E-state index contributed by atoms with van der Waals surface area (Å²) in [7, 11) is 0. The van der Waals surface area contributed by atoms with Crippen LogP contribution in [0.25, 0.3) is 57.3 Å². The molecule has 5 heteroatoms. The number of aromatic nitrogens is 5. The minimum absolute atomic E-state index is 0.590. The van der Waals surface area contributed by atoms with E-state index >= 15 is 0 Å². The highest BCUT2D eigenvalue weighted by molar-refractivity contribution is 5.81. The third kappa shape index (κ3) is 4.88. The van der Waals surface area contributed by atoms with Gasteiger partial charge in [-0.25, -0.2) is 19.9 Å². The standard InChI is InChI=1S/C35H27N5/c1-3-4-24-31-25(2)36-35(40(31)28-20-12-7-13-21-28)30-23-15-14-22-29(30)34-38-32(26-16-8-5-9-17-26)37-33(39-34)27-18-10-6-11-19-27/h3-24H,1H2,2H3/b24-4-. The first kappa shape index (κ1) is 24.9. The molecule has 6 rings (SSSR count). The molecule has 0 N–H and O–H groups in total. The van der Waals surface area contributed by atoms with Gasteiger partial charge in [-0.3, -0.25) is 4.57 Å². The van der Waals surface area contributed by atoms with Crippen LogP contribution in [0, 0.1) is 6.92 Å². The first-order chi connectivity index (χ1) is 19.7. The molecular weight excluding hydrogens is 490 g/mol. The first-order valence-electron chi connectivity index (χ1n) is 13.1. The summed E-state index contributed by atoms with van der Waals surface area (Å²) < 4.78 is 2.17. The van der Waals surface area contributed by atoms with Gasteiger partial charge in [0.25, 0.3) is 0 Å². The molecule has 192 valence electrons. The monoisotopic (exact) mass is 517 g/mol. The van der Waals surface area contributed by atoms with Crippen molar-refractivity contribution in [2.45, 2.75) is 6.92 Å². The zero-order chi connectivity index (χ0) is 27.3. The van der Waals surface area contributed by atoms with E-state index in [1.807, 2.05) is 116 Å². The summed E-state index contributed by atoms with van der Waals surface area (Å²) in [5.74, 6) is 2.64. The number of benzene rings is 4. The largest absolute Gasteiger partial charge is 0.293 e. The molecule has 0 amide bonds. The predicted octanol–water partition coefficient (Wildman–Crippen LogP) is 8.23. The van der Waals surface area contributed by atoms with Gasteiger partial charge in [-0.05, 0) is 25.1 Å². The van der Waals surface area contributed by atoms with E-state index in [1.54, 1.807) is 6.08 Å². The third-order valence-corrected chi connectivity index (χ3v) is 6.61. The molecule has 0 bridgehead atoms. The van der Waals surface area contributed by atoms with Gasteiger partial charge >= 0.3 is 0 Å². The minimum Gasteiger partial charge on any atom is -0.293 e. The van der Waals surface area contributed by atoms with Crippen molar-refractivity contribution in [2.24, 2.45) is 0 Å². The second kappa shape index (κ2) is 11.1. The van der Waals surface area contributed by atoms with Crippen LogP contribution in [0.2, 0.25) is 0 Å².